The van der Waals surface area contributed by atoms with Gasteiger partial charge < -0.3 is 15.6 Å². The van der Waals surface area contributed by atoms with E-state index in [2.05, 4.69) is 36.2 Å². The average molecular weight is 527 g/mol. The lowest BCUT2D eigenvalue weighted by Gasteiger charge is -2.25. The Bertz CT molecular complexity index is 1450. The van der Waals surface area contributed by atoms with E-state index in [0.717, 1.165) is 16.8 Å². The van der Waals surface area contributed by atoms with Crippen LogP contribution in [0.3, 0.4) is 0 Å². The molecule has 0 saturated carbocycles. The maximum Gasteiger partial charge on any atom is 0.275 e. The standard InChI is InChI=1S/C28H30N8O3/c1-17(2)26(31-25(37)14-18-8-4-3-5-9-18)20-12-13-21(30-20)28(39)36-22-11-7-6-10-19(22)15-23(36)27(38)29-16-24-32-34-35-33-24/h3-13,17,23,26,30H,14-16H2,1-2H3,(H,29,38)(H,31,37)(H,32,33,34,35)/t23-,26?/m0/s1. The van der Waals surface area contributed by atoms with Gasteiger partial charge in [0.1, 0.15) is 11.7 Å². The summed E-state index contributed by atoms with van der Waals surface area (Å²) in [4.78, 5) is 44.5. The van der Waals surface area contributed by atoms with Gasteiger partial charge in [0, 0.05) is 17.8 Å². The molecule has 1 aliphatic heterocycles. The van der Waals surface area contributed by atoms with Gasteiger partial charge in [0.2, 0.25) is 11.8 Å². The molecule has 0 spiro atoms. The number of rotatable bonds is 9. The molecule has 39 heavy (non-hydrogen) atoms. The van der Waals surface area contributed by atoms with Crippen LogP contribution in [-0.2, 0) is 29.0 Å². The van der Waals surface area contributed by atoms with Gasteiger partial charge in [-0.1, -0.05) is 67.6 Å². The number of aromatic nitrogens is 5. The molecule has 2 aromatic heterocycles. The van der Waals surface area contributed by atoms with Gasteiger partial charge in [0.05, 0.1) is 19.0 Å². The quantitative estimate of drug-likeness (QED) is 0.263. The lowest BCUT2D eigenvalue weighted by molar-refractivity contribution is -0.122. The summed E-state index contributed by atoms with van der Waals surface area (Å²) < 4.78 is 0. The van der Waals surface area contributed by atoms with E-state index in [1.54, 1.807) is 6.07 Å². The van der Waals surface area contributed by atoms with Gasteiger partial charge >= 0.3 is 0 Å². The molecule has 1 unspecified atom stereocenters. The topological polar surface area (TPSA) is 149 Å². The number of hydrogen-bond donors (Lipinski definition) is 4. The number of aromatic amines is 2. The molecule has 0 fully saturated rings. The number of H-pyrrole nitrogens is 2. The molecule has 4 N–H and O–H groups in total. The molecule has 4 aromatic rings. The number of para-hydroxylation sites is 1. The van der Waals surface area contributed by atoms with Gasteiger partial charge in [-0.3, -0.25) is 19.3 Å². The summed E-state index contributed by atoms with van der Waals surface area (Å²) in [5.41, 5.74) is 3.58. The number of benzene rings is 2. The molecule has 5 rings (SSSR count). The summed E-state index contributed by atoms with van der Waals surface area (Å²) in [6.45, 7) is 4.11. The Labute approximate surface area is 225 Å². The molecule has 11 heteroatoms. The molecule has 11 nitrogen and oxygen atoms in total. The van der Waals surface area contributed by atoms with Gasteiger partial charge in [-0.15, -0.1) is 10.2 Å². The second-order valence-electron chi connectivity index (χ2n) is 9.85. The molecule has 1 aliphatic rings. The maximum absolute atomic E-state index is 13.8. The monoisotopic (exact) mass is 526 g/mol. The first-order chi connectivity index (χ1) is 18.9. The van der Waals surface area contributed by atoms with Crippen molar-refractivity contribution in [3.8, 4) is 0 Å². The van der Waals surface area contributed by atoms with E-state index in [4.69, 9.17) is 0 Å². The van der Waals surface area contributed by atoms with E-state index in [1.165, 1.54) is 4.90 Å². The molecule has 2 aromatic carbocycles. The molecule has 2 atom stereocenters. The van der Waals surface area contributed by atoms with Crippen molar-refractivity contribution in [1.82, 2.24) is 36.2 Å². The van der Waals surface area contributed by atoms with Gasteiger partial charge in [0.15, 0.2) is 5.82 Å². The van der Waals surface area contributed by atoms with Crippen LogP contribution >= 0.6 is 0 Å². The summed E-state index contributed by atoms with van der Waals surface area (Å²) in [7, 11) is 0. The number of amides is 3. The number of fused-ring (bicyclic) bond motifs is 1. The third kappa shape index (κ3) is 5.71. The second kappa shape index (κ2) is 11.3. The zero-order valence-corrected chi connectivity index (χ0v) is 21.7. The highest BCUT2D eigenvalue weighted by Gasteiger charge is 2.39. The Morgan fingerprint density at radius 1 is 1.03 bits per heavy atom. The van der Waals surface area contributed by atoms with E-state index in [9.17, 15) is 14.4 Å². The van der Waals surface area contributed by atoms with Crippen molar-refractivity contribution in [2.24, 2.45) is 5.92 Å². The average Bonchev–Trinajstić information content (AvgIpc) is 3.70. The molecule has 0 radical (unpaired) electrons. The first-order valence-electron chi connectivity index (χ1n) is 12.8. The van der Waals surface area contributed by atoms with Gasteiger partial charge in [-0.25, -0.2) is 0 Å². The number of anilines is 1. The zero-order chi connectivity index (χ0) is 27.4. The van der Waals surface area contributed by atoms with E-state index in [0.29, 0.717) is 23.6 Å². The van der Waals surface area contributed by atoms with Crippen LogP contribution in [0, 0.1) is 5.92 Å². The Balaban J connectivity index is 1.34. The van der Waals surface area contributed by atoms with Crippen LogP contribution in [0.25, 0.3) is 0 Å². The third-order valence-corrected chi connectivity index (χ3v) is 6.77. The normalized spacial score (nSPS) is 15.2. The highest BCUT2D eigenvalue weighted by Crippen LogP contribution is 2.34. The van der Waals surface area contributed by atoms with Crippen LogP contribution in [0.2, 0.25) is 0 Å². The largest absolute Gasteiger partial charge is 0.353 e. The van der Waals surface area contributed by atoms with Gasteiger partial charge in [-0.05, 0) is 35.2 Å². The van der Waals surface area contributed by atoms with Crippen LogP contribution in [0.15, 0.2) is 66.7 Å². The van der Waals surface area contributed by atoms with Crippen LogP contribution < -0.4 is 15.5 Å². The molecule has 200 valence electrons. The van der Waals surface area contributed by atoms with E-state index in [1.807, 2.05) is 74.5 Å². The van der Waals surface area contributed by atoms with Crippen LogP contribution in [0.1, 0.15) is 53.0 Å². The predicted octanol–water partition coefficient (Wildman–Crippen LogP) is 2.47. The minimum atomic E-state index is -0.736. The lowest BCUT2D eigenvalue weighted by atomic mass is 10.0. The summed E-state index contributed by atoms with van der Waals surface area (Å²) in [5, 5.41) is 19.5. The molecule has 0 aliphatic carbocycles. The fourth-order valence-electron chi connectivity index (χ4n) is 4.85. The molecule has 3 amide bonds. The number of hydrogen-bond acceptors (Lipinski definition) is 6. The van der Waals surface area contributed by atoms with Crippen molar-refractivity contribution in [2.45, 2.75) is 45.3 Å². The fourth-order valence-corrected chi connectivity index (χ4v) is 4.85. The Morgan fingerprint density at radius 2 is 1.79 bits per heavy atom. The van der Waals surface area contributed by atoms with E-state index >= 15 is 0 Å². The first-order valence-corrected chi connectivity index (χ1v) is 12.8. The second-order valence-corrected chi connectivity index (χ2v) is 9.85. The van der Waals surface area contributed by atoms with Crippen molar-refractivity contribution < 1.29 is 14.4 Å². The Kier molecular flexibility index (Phi) is 7.48. The molecular formula is C28H30N8O3. The summed E-state index contributed by atoms with van der Waals surface area (Å²) in [6, 6.07) is 19.5. The number of nitrogens with one attached hydrogen (secondary N) is 4. The van der Waals surface area contributed by atoms with Crippen LogP contribution in [-0.4, -0.2) is 49.4 Å². The lowest BCUT2D eigenvalue weighted by Crippen LogP contribution is -2.48. The van der Waals surface area contributed by atoms with Crippen LogP contribution in [0.5, 0.6) is 0 Å². The molecule has 0 saturated heterocycles. The van der Waals surface area contributed by atoms with E-state index in [-0.39, 0.29) is 42.6 Å². The maximum atomic E-state index is 13.8. The molecule has 3 heterocycles. The van der Waals surface area contributed by atoms with Crippen molar-refractivity contribution >= 4 is 23.4 Å². The van der Waals surface area contributed by atoms with Crippen molar-refractivity contribution in [3.05, 3.63) is 95.1 Å². The smallest absolute Gasteiger partial charge is 0.275 e. The minimum Gasteiger partial charge on any atom is -0.353 e. The predicted molar refractivity (Wildman–Crippen MR) is 143 cm³/mol. The molecular weight excluding hydrogens is 496 g/mol. The van der Waals surface area contributed by atoms with E-state index < -0.39 is 6.04 Å². The third-order valence-electron chi connectivity index (χ3n) is 6.77. The highest BCUT2D eigenvalue weighted by molar-refractivity contribution is 6.10. The molecule has 0 bridgehead atoms. The number of carbonyl (C=O) groups excluding carboxylic acids is 3. The van der Waals surface area contributed by atoms with Crippen molar-refractivity contribution in [3.63, 3.8) is 0 Å². The number of carbonyl (C=O) groups is 3. The highest BCUT2D eigenvalue weighted by atomic mass is 16.2. The van der Waals surface area contributed by atoms with Crippen LogP contribution in [0.4, 0.5) is 5.69 Å². The SMILES string of the molecule is CC(C)C(NC(=O)Cc1ccccc1)c1ccc(C(=O)N2c3ccccc3C[C@H]2C(=O)NCc2nn[nH]n2)[nH]1. The number of nitrogens with zero attached hydrogens (tertiary/aromatic N) is 4. The van der Waals surface area contributed by atoms with Gasteiger partial charge in [-0.2, -0.15) is 5.21 Å². The van der Waals surface area contributed by atoms with Gasteiger partial charge in [0.25, 0.3) is 5.91 Å². The van der Waals surface area contributed by atoms with Crippen molar-refractivity contribution in [1.29, 1.82) is 0 Å². The Hall–Kier alpha value is -4.80. The Morgan fingerprint density at radius 3 is 2.54 bits per heavy atom. The summed E-state index contributed by atoms with van der Waals surface area (Å²) >= 11 is 0. The van der Waals surface area contributed by atoms with Crippen molar-refractivity contribution in [2.75, 3.05) is 4.90 Å². The fraction of sp³-hybridized carbons (Fsp3) is 0.286. The summed E-state index contributed by atoms with van der Waals surface area (Å²) in [5.74, 6) is -0.329. The zero-order valence-electron chi connectivity index (χ0n) is 21.7. The summed E-state index contributed by atoms with van der Waals surface area (Å²) in [6.07, 6.45) is 0.652. The minimum absolute atomic E-state index is 0.0718. The first kappa shape index (κ1) is 25.8. The number of tetrazole rings is 1.